The van der Waals surface area contributed by atoms with E-state index in [1.165, 1.54) is 11.3 Å². The van der Waals surface area contributed by atoms with Crippen molar-refractivity contribution >= 4 is 50.8 Å². The van der Waals surface area contributed by atoms with Gasteiger partial charge in [0.05, 0.1) is 27.2 Å². The van der Waals surface area contributed by atoms with E-state index in [4.69, 9.17) is 11.6 Å². The number of carbonyl (C=O) groups is 2. The highest BCUT2D eigenvalue weighted by atomic mass is 35.5. The summed E-state index contributed by atoms with van der Waals surface area (Å²) in [4.78, 5) is 33.9. The van der Waals surface area contributed by atoms with E-state index in [1.807, 2.05) is 56.3 Å². The fraction of sp³-hybridized carbons (Fsp3) is 0.280. The molecule has 2 amide bonds. The lowest BCUT2D eigenvalue weighted by atomic mass is 9.97. The topological polar surface area (TPSA) is 80.1 Å². The van der Waals surface area contributed by atoms with E-state index < -0.39 is 0 Å². The summed E-state index contributed by atoms with van der Waals surface area (Å²) in [6.45, 7) is 4.86. The summed E-state index contributed by atoms with van der Waals surface area (Å²) < 4.78 is 1.80. The number of anilines is 1. The van der Waals surface area contributed by atoms with Crippen molar-refractivity contribution in [2.45, 2.75) is 26.7 Å². The summed E-state index contributed by atoms with van der Waals surface area (Å²) in [5.74, 6) is 0.146. The van der Waals surface area contributed by atoms with E-state index >= 15 is 0 Å². The molecule has 0 bridgehead atoms. The molecule has 1 saturated heterocycles. The number of rotatable bonds is 4. The van der Waals surface area contributed by atoms with Gasteiger partial charge in [0.15, 0.2) is 0 Å². The Kier molecular flexibility index (Phi) is 6.10. The van der Waals surface area contributed by atoms with Crippen LogP contribution in [0, 0.1) is 19.8 Å². The van der Waals surface area contributed by atoms with Gasteiger partial charge in [-0.15, -0.1) is 11.3 Å². The van der Waals surface area contributed by atoms with E-state index in [-0.39, 0.29) is 17.7 Å². The zero-order valence-corrected chi connectivity index (χ0v) is 20.5. The minimum Gasteiger partial charge on any atom is -0.337 e. The van der Waals surface area contributed by atoms with Gasteiger partial charge in [0.2, 0.25) is 5.91 Å². The summed E-state index contributed by atoms with van der Waals surface area (Å²) in [5.41, 5.74) is 2.53. The molecule has 4 aromatic rings. The average Bonchev–Trinajstić information content (AvgIpc) is 3.41. The molecule has 3 aromatic heterocycles. The Balaban J connectivity index is 1.36. The summed E-state index contributed by atoms with van der Waals surface area (Å²) in [6, 6.07) is 13.2. The van der Waals surface area contributed by atoms with Gasteiger partial charge in [0.25, 0.3) is 5.91 Å². The molecule has 1 atom stereocenters. The summed E-state index contributed by atoms with van der Waals surface area (Å²) in [5, 5.41) is 9.09. The summed E-state index contributed by atoms with van der Waals surface area (Å²) >= 11 is 7.80. The fourth-order valence-corrected chi connectivity index (χ4v) is 5.67. The lowest BCUT2D eigenvalue weighted by Gasteiger charge is -2.31. The molecule has 1 aliphatic rings. The molecular weight excluding hydrogens is 470 g/mol. The highest BCUT2D eigenvalue weighted by molar-refractivity contribution is 7.20. The number of nitrogens with one attached hydrogen (secondary N) is 1. The number of carbonyl (C=O) groups excluding carboxylic acids is 2. The normalized spacial score (nSPS) is 16.1. The zero-order valence-electron chi connectivity index (χ0n) is 18.9. The highest BCUT2D eigenvalue weighted by Gasteiger charge is 2.30. The highest BCUT2D eigenvalue weighted by Crippen LogP contribution is 2.33. The van der Waals surface area contributed by atoms with Gasteiger partial charge in [-0.05, 0) is 56.5 Å². The van der Waals surface area contributed by atoms with Crippen LogP contribution in [-0.2, 0) is 4.79 Å². The molecule has 1 N–H and O–H groups in total. The Morgan fingerprint density at radius 1 is 1.18 bits per heavy atom. The number of hydrogen-bond acceptors (Lipinski definition) is 5. The SMILES string of the molecule is Cc1cccnc1NC(=O)C1CCCN(C(=O)c2cc3c(C)nn(-c4ccccc4Cl)c3s2)C1. The van der Waals surface area contributed by atoms with Crippen molar-refractivity contribution in [3.63, 3.8) is 0 Å². The number of likely N-dealkylation sites (tertiary alicyclic amines) is 1. The van der Waals surface area contributed by atoms with Crippen LogP contribution < -0.4 is 5.32 Å². The minimum atomic E-state index is -0.270. The Bertz CT molecular complexity index is 1400. The maximum Gasteiger partial charge on any atom is 0.264 e. The predicted molar refractivity (Wildman–Crippen MR) is 135 cm³/mol. The maximum absolute atomic E-state index is 13.4. The molecule has 0 aliphatic carbocycles. The van der Waals surface area contributed by atoms with E-state index in [0.29, 0.717) is 28.8 Å². The van der Waals surface area contributed by atoms with Crippen LogP contribution in [0.15, 0.2) is 48.7 Å². The molecule has 5 rings (SSSR count). The number of para-hydroxylation sites is 1. The van der Waals surface area contributed by atoms with Crippen molar-refractivity contribution in [1.29, 1.82) is 0 Å². The molecule has 1 fully saturated rings. The lowest BCUT2D eigenvalue weighted by molar-refractivity contribution is -0.121. The third kappa shape index (κ3) is 4.19. The first-order chi connectivity index (χ1) is 16.4. The second kappa shape index (κ2) is 9.19. The number of piperidine rings is 1. The standard InChI is InChI=1S/C25H24ClN5O2S/c1-15-7-5-11-27-22(15)28-23(32)17-8-6-12-30(14-17)24(33)21-13-18-16(2)29-31(25(18)34-21)20-10-4-3-9-19(20)26/h3-5,7,9-11,13,17H,6,8,12,14H2,1-2H3,(H,27,28,32). The van der Waals surface area contributed by atoms with E-state index in [2.05, 4.69) is 15.4 Å². The molecule has 174 valence electrons. The monoisotopic (exact) mass is 493 g/mol. The van der Waals surface area contributed by atoms with Gasteiger partial charge in [0.1, 0.15) is 10.6 Å². The maximum atomic E-state index is 13.4. The van der Waals surface area contributed by atoms with Crippen molar-refractivity contribution in [3.05, 3.63) is 69.8 Å². The molecule has 9 heteroatoms. The lowest BCUT2D eigenvalue weighted by Crippen LogP contribution is -2.43. The van der Waals surface area contributed by atoms with Crippen molar-refractivity contribution in [2.75, 3.05) is 18.4 Å². The zero-order chi connectivity index (χ0) is 23.8. The molecule has 1 aliphatic heterocycles. The molecule has 0 saturated carbocycles. The van der Waals surface area contributed by atoms with Crippen molar-refractivity contribution < 1.29 is 9.59 Å². The van der Waals surface area contributed by atoms with Crippen LogP contribution in [0.3, 0.4) is 0 Å². The van der Waals surface area contributed by atoms with Crippen molar-refractivity contribution in [2.24, 2.45) is 5.92 Å². The summed E-state index contributed by atoms with van der Waals surface area (Å²) in [7, 11) is 0. The molecule has 0 radical (unpaired) electrons. The van der Waals surface area contributed by atoms with Crippen molar-refractivity contribution in [3.8, 4) is 5.69 Å². The number of hydrogen-bond donors (Lipinski definition) is 1. The molecule has 1 unspecified atom stereocenters. The van der Waals surface area contributed by atoms with E-state index in [1.54, 1.807) is 15.8 Å². The third-order valence-corrected chi connectivity index (χ3v) is 7.58. The van der Waals surface area contributed by atoms with Gasteiger partial charge >= 0.3 is 0 Å². The predicted octanol–water partition coefficient (Wildman–Crippen LogP) is 5.24. The number of thiophene rings is 1. The molecule has 7 nitrogen and oxygen atoms in total. The molecule has 4 heterocycles. The van der Waals surface area contributed by atoms with Crippen LogP contribution in [0.1, 0.15) is 33.8 Å². The van der Waals surface area contributed by atoms with Gasteiger partial charge in [-0.25, -0.2) is 9.67 Å². The van der Waals surface area contributed by atoms with Crippen LogP contribution in [0.25, 0.3) is 15.9 Å². The number of amides is 2. The Morgan fingerprint density at radius 2 is 2.00 bits per heavy atom. The molecule has 1 aromatic carbocycles. The van der Waals surface area contributed by atoms with Crippen LogP contribution in [0.5, 0.6) is 0 Å². The van der Waals surface area contributed by atoms with Crippen LogP contribution >= 0.6 is 22.9 Å². The van der Waals surface area contributed by atoms with Crippen LogP contribution in [-0.4, -0.2) is 44.6 Å². The summed E-state index contributed by atoms with van der Waals surface area (Å²) in [6.07, 6.45) is 3.18. The Labute approximate surface area is 206 Å². The fourth-order valence-electron chi connectivity index (χ4n) is 4.31. The molecule has 34 heavy (non-hydrogen) atoms. The van der Waals surface area contributed by atoms with Crippen LogP contribution in [0.4, 0.5) is 5.82 Å². The first-order valence-electron chi connectivity index (χ1n) is 11.2. The van der Waals surface area contributed by atoms with Gasteiger partial charge in [0, 0.05) is 24.7 Å². The van der Waals surface area contributed by atoms with E-state index in [0.717, 1.165) is 40.0 Å². The van der Waals surface area contributed by atoms with Crippen molar-refractivity contribution in [1.82, 2.24) is 19.7 Å². The number of pyridine rings is 1. The number of nitrogens with zero attached hydrogens (tertiary/aromatic N) is 4. The Morgan fingerprint density at radius 3 is 2.79 bits per heavy atom. The quantitative estimate of drug-likeness (QED) is 0.421. The van der Waals surface area contributed by atoms with E-state index in [9.17, 15) is 9.59 Å². The van der Waals surface area contributed by atoms with Gasteiger partial charge in [-0.2, -0.15) is 5.10 Å². The number of fused-ring (bicyclic) bond motifs is 1. The first-order valence-corrected chi connectivity index (χ1v) is 12.4. The number of aromatic nitrogens is 3. The van der Waals surface area contributed by atoms with Gasteiger partial charge < -0.3 is 10.2 Å². The van der Waals surface area contributed by atoms with Gasteiger partial charge in [-0.3, -0.25) is 9.59 Å². The second-order valence-corrected chi connectivity index (χ2v) is 9.96. The minimum absolute atomic E-state index is 0.0576. The largest absolute Gasteiger partial charge is 0.337 e. The van der Waals surface area contributed by atoms with Crippen LogP contribution in [0.2, 0.25) is 5.02 Å². The van der Waals surface area contributed by atoms with Gasteiger partial charge in [-0.1, -0.05) is 29.8 Å². The second-order valence-electron chi connectivity index (χ2n) is 8.53. The Hall–Kier alpha value is -3.23. The third-order valence-electron chi connectivity index (χ3n) is 6.17. The average molecular weight is 494 g/mol. The first kappa shape index (κ1) is 22.6. The smallest absolute Gasteiger partial charge is 0.264 e. The number of aryl methyl sites for hydroxylation is 2. The molecular formula is C25H24ClN5O2S. The number of halogens is 1. The number of benzene rings is 1. The molecule has 0 spiro atoms.